The normalized spacial score (nSPS) is 15.4. The third-order valence-electron chi connectivity index (χ3n) is 4.25. The van der Waals surface area contributed by atoms with Crippen LogP contribution in [-0.2, 0) is 20.7 Å². The first kappa shape index (κ1) is 16.2. The molecule has 124 valence electrons. The average Bonchev–Trinajstić information content (AvgIpc) is 3.02. The number of nitrogens with zero attached hydrogens (tertiary/aromatic N) is 1. The zero-order valence-electron chi connectivity index (χ0n) is 13.8. The molecule has 1 heterocycles. The summed E-state index contributed by atoms with van der Waals surface area (Å²) in [5.41, 5.74) is 2.76. The van der Waals surface area contributed by atoms with Crippen molar-refractivity contribution in [1.29, 1.82) is 0 Å². The molecule has 1 saturated heterocycles. The summed E-state index contributed by atoms with van der Waals surface area (Å²) in [6.07, 6.45) is 1.49. The summed E-state index contributed by atoms with van der Waals surface area (Å²) in [5, 5.41) is 0. The van der Waals surface area contributed by atoms with Gasteiger partial charge in [0.1, 0.15) is 6.10 Å². The molecule has 1 unspecified atom stereocenters. The van der Waals surface area contributed by atoms with Gasteiger partial charge in [-0.25, -0.2) is 0 Å². The predicted molar refractivity (Wildman–Crippen MR) is 92.7 cm³/mol. The molecule has 1 fully saturated rings. The lowest BCUT2D eigenvalue weighted by Crippen LogP contribution is -2.23. The van der Waals surface area contributed by atoms with Gasteiger partial charge in [-0.3, -0.25) is 9.59 Å². The second kappa shape index (κ2) is 7.30. The third kappa shape index (κ3) is 3.82. The summed E-state index contributed by atoms with van der Waals surface area (Å²) < 4.78 is 5.48. The minimum atomic E-state index is -0.264. The SMILES string of the molecule is CC(OC(=O)Cc1ccc(N2CCCC2=O)cc1)c1ccccc1. The van der Waals surface area contributed by atoms with Gasteiger partial charge in [-0.15, -0.1) is 0 Å². The molecule has 0 aromatic heterocycles. The average molecular weight is 323 g/mol. The first-order valence-electron chi connectivity index (χ1n) is 8.27. The van der Waals surface area contributed by atoms with E-state index in [4.69, 9.17) is 4.74 Å². The summed E-state index contributed by atoms with van der Waals surface area (Å²) in [4.78, 5) is 25.6. The number of carbonyl (C=O) groups is 2. The van der Waals surface area contributed by atoms with E-state index in [1.807, 2.05) is 61.5 Å². The van der Waals surface area contributed by atoms with Gasteiger partial charge in [-0.1, -0.05) is 42.5 Å². The summed E-state index contributed by atoms with van der Waals surface area (Å²) in [5.74, 6) is -0.0878. The first-order chi connectivity index (χ1) is 11.6. The summed E-state index contributed by atoms with van der Waals surface area (Å²) in [6.45, 7) is 2.64. The van der Waals surface area contributed by atoms with Crippen LogP contribution >= 0.6 is 0 Å². The first-order valence-corrected chi connectivity index (χ1v) is 8.27. The largest absolute Gasteiger partial charge is 0.458 e. The molecule has 0 N–H and O–H groups in total. The standard InChI is InChI=1S/C20H21NO3/c1-15(17-6-3-2-4-7-17)24-20(23)14-16-9-11-18(12-10-16)21-13-5-8-19(21)22/h2-4,6-7,9-12,15H,5,8,13-14H2,1H3. The third-order valence-corrected chi connectivity index (χ3v) is 4.25. The smallest absolute Gasteiger partial charge is 0.310 e. The second-order valence-electron chi connectivity index (χ2n) is 6.03. The maximum absolute atomic E-state index is 12.1. The van der Waals surface area contributed by atoms with Crippen molar-refractivity contribution in [3.05, 3.63) is 65.7 Å². The highest BCUT2D eigenvalue weighted by Gasteiger charge is 2.21. The van der Waals surface area contributed by atoms with E-state index in [0.717, 1.165) is 29.8 Å². The van der Waals surface area contributed by atoms with Crippen LogP contribution in [-0.4, -0.2) is 18.4 Å². The van der Waals surface area contributed by atoms with E-state index in [9.17, 15) is 9.59 Å². The van der Waals surface area contributed by atoms with Crippen molar-refractivity contribution < 1.29 is 14.3 Å². The number of hydrogen-bond acceptors (Lipinski definition) is 3. The molecule has 0 saturated carbocycles. The van der Waals surface area contributed by atoms with Crippen molar-refractivity contribution in [3.8, 4) is 0 Å². The van der Waals surface area contributed by atoms with Crippen LogP contribution in [0, 0.1) is 0 Å². The Morgan fingerprint density at radius 1 is 1.12 bits per heavy atom. The van der Waals surface area contributed by atoms with Gasteiger partial charge in [0.25, 0.3) is 0 Å². The van der Waals surface area contributed by atoms with Gasteiger partial charge in [0.05, 0.1) is 6.42 Å². The lowest BCUT2D eigenvalue weighted by Gasteiger charge is -2.16. The quantitative estimate of drug-likeness (QED) is 0.789. The summed E-state index contributed by atoms with van der Waals surface area (Å²) in [7, 11) is 0. The van der Waals surface area contributed by atoms with E-state index in [1.54, 1.807) is 4.90 Å². The van der Waals surface area contributed by atoms with Gasteiger partial charge < -0.3 is 9.64 Å². The highest BCUT2D eigenvalue weighted by atomic mass is 16.5. The Kier molecular flexibility index (Phi) is 4.94. The number of anilines is 1. The van der Waals surface area contributed by atoms with Crippen molar-refractivity contribution in [2.45, 2.75) is 32.3 Å². The molecule has 0 bridgehead atoms. The Balaban J connectivity index is 1.57. The molecule has 0 spiro atoms. The fourth-order valence-corrected chi connectivity index (χ4v) is 2.91. The van der Waals surface area contributed by atoms with Crippen molar-refractivity contribution in [2.24, 2.45) is 0 Å². The van der Waals surface area contributed by atoms with Gasteiger partial charge in [0.15, 0.2) is 0 Å². The maximum Gasteiger partial charge on any atom is 0.310 e. The van der Waals surface area contributed by atoms with Crippen LogP contribution < -0.4 is 4.90 Å². The molecule has 1 aliphatic rings. The predicted octanol–water partition coefficient (Wildman–Crippen LogP) is 3.66. The highest BCUT2D eigenvalue weighted by Crippen LogP contribution is 2.22. The molecule has 0 radical (unpaired) electrons. The van der Waals surface area contributed by atoms with Gasteiger partial charge >= 0.3 is 5.97 Å². The minimum absolute atomic E-state index is 0.166. The zero-order valence-corrected chi connectivity index (χ0v) is 13.8. The Morgan fingerprint density at radius 2 is 1.83 bits per heavy atom. The molecule has 3 rings (SSSR count). The topological polar surface area (TPSA) is 46.6 Å². The van der Waals surface area contributed by atoms with Crippen molar-refractivity contribution in [2.75, 3.05) is 11.4 Å². The summed E-state index contributed by atoms with van der Waals surface area (Å²) >= 11 is 0. The van der Waals surface area contributed by atoms with E-state index in [2.05, 4.69) is 0 Å². The molecule has 0 aliphatic carbocycles. The van der Waals surface area contributed by atoms with E-state index in [0.29, 0.717) is 6.42 Å². The lowest BCUT2D eigenvalue weighted by molar-refractivity contribution is -0.147. The Morgan fingerprint density at radius 3 is 2.46 bits per heavy atom. The molecule has 1 atom stereocenters. The number of esters is 1. The minimum Gasteiger partial charge on any atom is -0.458 e. The molecule has 1 aliphatic heterocycles. The fraction of sp³-hybridized carbons (Fsp3) is 0.300. The molecule has 1 amide bonds. The Labute approximate surface area is 142 Å². The van der Waals surface area contributed by atoms with Crippen molar-refractivity contribution in [1.82, 2.24) is 0 Å². The monoisotopic (exact) mass is 323 g/mol. The number of benzene rings is 2. The molecule has 4 nitrogen and oxygen atoms in total. The van der Waals surface area contributed by atoms with E-state index in [1.165, 1.54) is 0 Å². The van der Waals surface area contributed by atoms with Crippen LogP contribution in [0.3, 0.4) is 0 Å². The molecular weight excluding hydrogens is 302 g/mol. The number of hydrogen-bond donors (Lipinski definition) is 0. The van der Waals surface area contributed by atoms with Crippen molar-refractivity contribution in [3.63, 3.8) is 0 Å². The van der Waals surface area contributed by atoms with Crippen LogP contribution in [0.25, 0.3) is 0 Å². The number of ether oxygens (including phenoxy) is 1. The van der Waals surface area contributed by atoms with Crippen LogP contribution in [0.5, 0.6) is 0 Å². The van der Waals surface area contributed by atoms with E-state index < -0.39 is 0 Å². The maximum atomic E-state index is 12.1. The highest BCUT2D eigenvalue weighted by molar-refractivity contribution is 5.95. The van der Waals surface area contributed by atoms with Crippen molar-refractivity contribution >= 4 is 17.6 Å². The summed E-state index contributed by atoms with van der Waals surface area (Å²) in [6, 6.07) is 17.2. The molecule has 2 aromatic rings. The van der Waals surface area contributed by atoms with Gasteiger partial charge in [0.2, 0.25) is 5.91 Å². The molecule has 2 aromatic carbocycles. The van der Waals surface area contributed by atoms with Gasteiger partial charge in [-0.05, 0) is 36.6 Å². The molecule has 4 heteroatoms. The number of carbonyl (C=O) groups excluding carboxylic acids is 2. The Hall–Kier alpha value is -2.62. The lowest BCUT2D eigenvalue weighted by atomic mass is 10.1. The fourth-order valence-electron chi connectivity index (χ4n) is 2.91. The number of rotatable bonds is 5. The Bertz CT molecular complexity index is 709. The van der Waals surface area contributed by atoms with E-state index >= 15 is 0 Å². The van der Waals surface area contributed by atoms with Crippen LogP contribution in [0.2, 0.25) is 0 Å². The number of amides is 1. The van der Waals surface area contributed by atoms with Gasteiger partial charge in [0, 0.05) is 18.7 Å². The van der Waals surface area contributed by atoms with Crippen LogP contribution in [0.4, 0.5) is 5.69 Å². The van der Waals surface area contributed by atoms with Gasteiger partial charge in [-0.2, -0.15) is 0 Å². The second-order valence-corrected chi connectivity index (χ2v) is 6.03. The zero-order chi connectivity index (χ0) is 16.9. The molecule has 24 heavy (non-hydrogen) atoms. The van der Waals surface area contributed by atoms with Crippen LogP contribution in [0.15, 0.2) is 54.6 Å². The van der Waals surface area contributed by atoms with Crippen LogP contribution in [0.1, 0.15) is 37.0 Å². The van der Waals surface area contributed by atoms with E-state index in [-0.39, 0.29) is 24.4 Å². The molecular formula is C20H21NO3.